The van der Waals surface area contributed by atoms with Crippen LogP contribution in [0.15, 0.2) is 12.1 Å². The topological polar surface area (TPSA) is 57.5 Å². The third-order valence-corrected chi connectivity index (χ3v) is 9.19. The first kappa shape index (κ1) is 17.8. The van der Waals surface area contributed by atoms with Crippen molar-refractivity contribution in [1.82, 2.24) is 0 Å². The van der Waals surface area contributed by atoms with Crippen LogP contribution in [0, 0.1) is 0 Å². The third kappa shape index (κ3) is 5.63. The summed E-state index contributed by atoms with van der Waals surface area (Å²) in [5, 5.41) is 19.5. The molecule has 106 valence electrons. The van der Waals surface area contributed by atoms with E-state index in [1.54, 1.807) is 6.07 Å². The van der Waals surface area contributed by atoms with Crippen LogP contribution in [0.1, 0.15) is 51.9 Å². The van der Waals surface area contributed by atoms with Gasteiger partial charge in [-0.25, -0.2) is 0 Å². The molecule has 0 heterocycles. The van der Waals surface area contributed by atoms with Gasteiger partial charge in [-0.1, -0.05) is 0 Å². The molecule has 1 aromatic rings. The quantitative estimate of drug-likeness (QED) is 0.779. The maximum absolute atomic E-state index is 11.3. The Morgan fingerprint density at radius 2 is 1.50 bits per heavy atom. The molecule has 0 unspecified atom stereocenters. The molecular formula is C15H22Ga2O3. The zero-order chi connectivity index (χ0) is 15.7. The van der Waals surface area contributed by atoms with Crippen LogP contribution < -0.4 is 8.24 Å². The Morgan fingerprint density at radius 3 is 1.90 bits per heavy atom. The molecule has 2 N–H and O–H groups in total. The molecule has 20 heavy (non-hydrogen) atoms. The van der Waals surface area contributed by atoms with Gasteiger partial charge >= 0.3 is 137 Å². The van der Waals surface area contributed by atoms with Gasteiger partial charge in [0.15, 0.2) is 0 Å². The summed E-state index contributed by atoms with van der Waals surface area (Å²) in [6, 6.07) is 3.77. The van der Waals surface area contributed by atoms with Gasteiger partial charge in [0, 0.05) is 0 Å². The van der Waals surface area contributed by atoms with E-state index in [1.807, 2.05) is 0 Å². The molecule has 1 rings (SSSR count). The average Bonchev–Trinajstić information content (AvgIpc) is 2.17. The fourth-order valence-electron chi connectivity index (χ4n) is 2.00. The summed E-state index contributed by atoms with van der Waals surface area (Å²) in [6.07, 6.45) is 0. The van der Waals surface area contributed by atoms with Crippen molar-refractivity contribution in [3.63, 3.8) is 0 Å². The molecule has 0 spiro atoms. The molecule has 3 nitrogen and oxygen atoms in total. The molecule has 0 aliphatic rings. The van der Waals surface area contributed by atoms with E-state index in [0.29, 0.717) is 0 Å². The molecule has 1 aromatic carbocycles. The van der Waals surface area contributed by atoms with Gasteiger partial charge < -0.3 is 0 Å². The van der Waals surface area contributed by atoms with Crippen molar-refractivity contribution >= 4 is 49.0 Å². The summed E-state index contributed by atoms with van der Waals surface area (Å²) in [7, 11) is 0. The number of benzene rings is 1. The minimum absolute atomic E-state index is 0.00193. The fourth-order valence-corrected chi connectivity index (χ4v) is 9.17. The SMILES string of the molecule is C[C](C)(C)[Ga][c]1c[c]([Ga][C](C)(C)C)c(O)c(C(=O)O)c1. The summed E-state index contributed by atoms with van der Waals surface area (Å²) in [5.41, 5.74) is 0.0837. The molecule has 0 saturated heterocycles. The van der Waals surface area contributed by atoms with Gasteiger partial charge in [-0.2, -0.15) is 0 Å². The Morgan fingerprint density at radius 1 is 1.00 bits per heavy atom. The van der Waals surface area contributed by atoms with E-state index in [4.69, 9.17) is 0 Å². The van der Waals surface area contributed by atoms with Crippen molar-refractivity contribution in [3.8, 4) is 5.75 Å². The van der Waals surface area contributed by atoms with Crippen molar-refractivity contribution in [2.75, 3.05) is 0 Å². The summed E-state index contributed by atoms with van der Waals surface area (Å²) in [5.74, 6) is -1.02. The number of phenols is 1. The normalized spacial score (nSPS) is 12.1. The maximum atomic E-state index is 11.3. The van der Waals surface area contributed by atoms with Crippen LogP contribution >= 0.6 is 0 Å². The van der Waals surface area contributed by atoms with Crippen LogP contribution in [-0.2, 0) is 0 Å². The zero-order valence-electron chi connectivity index (χ0n) is 13.1. The van der Waals surface area contributed by atoms with Gasteiger partial charge in [0.05, 0.1) is 0 Å². The first-order chi connectivity index (χ1) is 8.89. The van der Waals surface area contributed by atoms with E-state index < -0.39 is 40.8 Å². The van der Waals surface area contributed by atoms with Crippen LogP contribution in [0.25, 0.3) is 0 Å². The molecule has 2 radical (unpaired) electrons. The number of hydrogen-bond donors (Lipinski definition) is 2. The number of aromatic carboxylic acids is 1. The van der Waals surface area contributed by atoms with E-state index in [1.165, 1.54) is 0 Å². The van der Waals surface area contributed by atoms with E-state index in [2.05, 4.69) is 47.6 Å². The molecule has 0 aromatic heterocycles. The van der Waals surface area contributed by atoms with Crippen molar-refractivity contribution < 1.29 is 15.0 Å². The standard InChI is InChI=1S/C7H4O3.2C4H9.2Ga/c8-6-4-2-1-3-5(6)7(9)10;2*1-4(2)3;;/h2-3,8H,(H,9,10);2*1-3H3;;. The van der Waals surface area contributed by atoms with Crippen LogP contribution in [0.5, 0.6) is 5.75 Å². The zero-order valence-corrected chi connectivity index (χ0v) is 18.0. The molecule has 0 atom stereocenters. The van der Waals surface area contributed by atoms with Crippen molar-refractivity contribution in [2.24, 2.45) is 0 Å². The molecule has 0 fully saturated rings. The second kappa shape index (κ2) is 6.26. The Labute approximate surface area is 136 Å². The minimum atomic E-state index is -1.03. The Balaban J connectivity index is 3.32. The fraction of sp³-hybridized carbons (Fsp3) is 0.533. The van der Waals surface area contributed by atoms with Crippen molar-refractivity contribution in [2.45, 2.75) is 49.5 Å². The van der Waals surface area contributed by atoms with Crippen molar-refractivity contribution in [1.29, 1.82) is 0 Å². The molecule has 0 saturated carbocycles. The number of carboxylic acids is 1. The van der Waals surface area contributed by atoms with Gasteiger partial charge in [-0.3, -0.25) is 0 Å². The van der Waals surface area contributed by atoms with Crippen molar-refractivity contribution in [3.05, 3.63) is 17.7 Å². The van der Waals surface area contributed by atoms with Gasteiger partial charge in [-0.05, 0) is 0 Å². The van der Waals surface area contributed by atoms with Gasteiger partial charge in [0.2, 0.25) is 0 Å². The molecule has 0 aliphatic carbocycles. The van der Waals surface area contributed by atoms with E-state index in [0.717, 1.165) is 8.24 Å². The molecule has 0 bridgehead atoms. The molecule has 5 heteroatoms. The monoisotopic (exact) mass is 388 g/mol. The van der Waals surface area contributed by atoms with Gasteiger partial charge in [0.1, 0.15) is 0 Å². The first-order valence-electron chi connectivity index (χ1n) is 6.71. The number of carbonyl (C=O) groups is 1. The number of aromatic hydroxyl groups is 1. The van der Waals surface area contributed by atoms with Gasteiger partial charge in [0.25, 0.3) is 0 Å². The Kier molecular flexibility index (Phi) is 5.57. The third-order valence-electron chi connectivity index (χ3n) is 2.58. The molecule has 0 aliphatic heterocycles. The second-order valence-corrected chi connectivity index (χ2v) is 18.5. The summed E-state index contributed by atoms with van der Waals surface area (Å²) >= 11 is -1.63. The van der Waals surface area contributed by atoms with Crippen LogP contribution in [-0.4, -0.2) is 51.0 Å². The summed E-state index contributed by atoms with van der Waals surface area (Å²) in [4.78, 5) is 11.3. The predicted molar refractivity (Wildman–Crippen MR) is 85.3 cm³/mol. The van der Waals surface area contributed by atoms with Crippen LogP contribution in [0.4, 0.5) is 0 Å². The number of hydrogen-bond acceptors (Lipinski definition) is 2. The molecule has 0 amide bonds. The Bertz CT molecular complexity index is 511. The first-order valence-corrected chi connectivity index (χ1v) is 11.6. The predicted octanol–water partition coefficient (Wildman–Crippen LogP) is 2.19. The summed E-state index contributed by atoms with van der Waals surface area (Å²) in [6.45, 7) is 13.1. The van der Waals surface area contributed by atoms with E-state index >= 15 is 0 Å². The average molecular weight is 390 g/mol. The van der Waals surface area contributed by atoms with E-state index in [9.17, 15) is 15.0 Å². The van der Waals surface area contributed by atoms with Crippen LogP contribution in [0.2, 0.25) is 7.94 Å². The number of rotatable bonds is 3. The second-order valence-electron chi connectivity index (χ2n) is 7.33. The molecular weight excluding hydrogens is 368 g/mol. The van der Waals surface area contributed by atoms with Crippen LogP contribution in [0.3, 0.4) is 0 Å². The van der Waals surface area contributed by atoms with E-state index in [-0.39, 0.29) is 19.3 Å². The number of carboxylic acid groups (broad SMARTS) is 1. The summed E-state index contributed by atoms with van der Waals surface area (Å²) < 4.78 is 2.49. The Hall–Kier alpha value is -0.237. The van der Waals surface area contributed by atoms with Gasteiger partial charge in [-0.15, -0.1) is 0 Å².